The topological polar surface area (TPSA) is 23.8 Å². The van der Waals surface area contributed by atoms with Crippen LogP contribution >= 0.6 is 11.3 Å². The van der Waals surface area contributed by atoms with Gasteiger partial charge in [-0.05, 0) is 37.3 Å². The summed E-state index contributed by atoms with van der Waals surface area (Å²) in [6.07, 6.45) is 5.73. The van der Waals surface area contributed by atoms with E-state index in [2.05, 4.69) is 12.1 Å². The van der Waals surface area contributed by atoms with E-state index in [1.165, 1.54) is 41.0 Å². The summed E-state index contributed by atoms with van der Waals surface area (Å²) in [4.78, 5) is 2.79. The number of hydrogen-bond acceptors (Lipinski definition) is 2. The Bertz CT molecular complexity index is 296. The van der Waals surface area contributed by atoms with Crippen molar-refractivity contribution in [2.24, 2.45) is 0 Å². The van der Waals surface area contributed by atoms with Crippen molar-refractivity contribution in [1.82, 2.24) is 0 Å². The van der Waals surface area contributed by atoms with E-state index in [1.54, 1.807) is 0 Å². The number of nitrogens with zero attached hydrogens (tertiary/aromatic N) is 1. The molecule has 1 aliphatic carbocycles. The second kappa shape index (κ2) is 3.28. The van der Waals surface area contributed by atoms with Crippen LogP contribution in [0.1, 0.15) is 28.2 Å². The summed E-state index contributed by atoms with van der Waals surface area (Å²) in [6.45, 7) is 0. The van der Waals surface area contributed by atoms with Crippen LogP contribution in [0.4, 0.5) is 0 Å². The summed E-state index contributed by atoms with van der Waals surface area (Å²) in [5.41, 5.74) is 1.51. The van der Waals surface area contributed by atoms with Crippen LogP contribution in [-0.2, 0) is 19.3 Å². The molecule has 0 aliphatic heterocycles. The Morgan fingerprint density at radius 3 is 3.00 bits per heavy atom. The SMILES string of the molecule is N#CCc1cc2c(s1)CCCC2. The number of thiophene rings is 1. The third-order valence-electron chi connectivity index (χ3n) is 2.30. The maximum Gasteiger partial charge on any atom is 0.0695 e. The van der Waals surface area contributed by atoms with Crippen molar-refractivity contribution in [2.45, 2.75) is 32.1 Å². The predicted molar refractivity (Wildman–Crippen MR) is 50.3 cm³/mol. The first-order valence-electron chi connectivity index (χ1n) is 4.37. The highest BCUT2D eigenvalue weighted by Gasteiger charge is 2.12. The van der Waals surface area contributed by atoms with Crippen molar-refractivity contribution in [1.29, 1.82) is 5.26 Å². The molecule has 0 atom stereocenters. The Hall–Kier alpha value is -0.810. The van der Waals surface area contributed by atoms with Crippen LogP contribution in [0.5, 0.6) is 0 Å². The van der Waals surface area contributed by atoms with Gasteiger partial charge in [-0.1, -0.05) is 0 Å². The maximum absolute atomic E-state index is 8.54. The van der Waals surface area contributed by atoms with E-state index in [1.807, 2.05) is 11.3 Å². The Kier molecular flexibility index (Phi) is 2.14. The standard InChI is InChI=1S/C10H11NS/c11-6-5-9-7-8-3-1-2-4-10(8)12-9/h7H,1-5H2. The first kappa shape index (κ1) is 7.82. The molecular formula is C10H11NS. The lowest BCUT2D eigenvalue weighted by atomic mass is 9.99. The predicted octanol–water partition coefficient (Wildman–Crippen LogP) is 2.69. The van der Waals surface area contributed by atoms with Gasteiger partial charge in [-0.2, -0.15) is 5.26 Å². The van der Waals surface area contributed by atoms with Gasteiger partial charge in [-0.25, -0.2) is 0 Å². The third-order valence-corrected chi connectivity index (χ3v) is 3.54. The van der Waals surface area contributed by atoms with Gasteiger partial charge >= 0.3 is 0 Å². The lowest BCUT2D eigenvalue weighted by molar-refractivity contribution is 0.697. The third kappa shape index (κ3) is 1.37. The van der Waals surface area contributed by atoms with E-state index in [9.17, 15) is 0 Å². The van der Waals surface area contributed by atoms with Gasteiger partial charge in [-0.3, -0.25) is 0 Å². The van der Waals surface area contributed by atoms with Gasteiger partial charge in [0.25, 0.3) is 0 Å². The minimum absolute atomic E-state index is 0.595. The van der Waals surface area contributed by atoms with Crippen molar-refractivity contribution >= 4 is 11.3 Å². The average Bonchev–Trinajstić information content (AvgIpc) is 2.47. The molecule has 1 heterocycles. The van der Waals surface area contributed by atoms with Crippen LogP contribution < -0.4 is 0 Å². The summed E-state index contributed by atoms with van der Waals surface area (Å²) in [7, 11) is 0. The summed E-state index contributed by atoms with van der Waals surface area (Å²) >= 11 is 1.84. The number of fused-ring (bicyclic) bond motifs is 1. The Morgan fingerprint density at radius 1 is 1.42 bits per heavy atom. The van der Waals surface area contributed by atoms with Crippen LogP contribution in [0, 0.1) is 11.3 Å². The van der Waals surface area contributed by atoms with Crippen LogP contribution in [0.15, 0.2) is 6.07 Å². The van der Waals surface area contributed by atoms with E-state index < -0.39 is 0 Å². The molecule has 1 aliphatic rings. The molecule has 0 unspecified atom stereocenters. The number of hydrogen-bond donors (Lipinski definition) is 0. The Labute approximate surface area is 76.6 Å². The Morgan fingerprint density at radius 2 is 2.25 bits per heavy atom. The molecule has 0 saturated heterocycles. The van der Waals surface area contributed by atoms with Gasteiger partial charge in [0.1, 0.15) is 0 Å². The molecule has 0 N–H and O–H groups in total. The normalized spacial score (nSPS) is 15.2. The second-order valence-corrected chi connectivity index (χ2v) is 4.42. The van der Waals surface area contributed by atoms with Crippen molar-refractivity contribution in [3.63, 3.8) is 0 Å². The summed E-state index contributed by atoms with van der Waals surface area (Å²) < 4.78 is 0. The zero-order valence-electron chi connectivity index (χ0n) is 6.97. The number of rotatable bonds is 1. The molecule has 0 radical (unpaired) electrons. The van der Waals surface area contributed by atoms with Crippen LogP contribution in [0.25, 0.3) is 0 Å². The molecular weight excluding hydrogens is 166 g/mol. The molecule has 0 spiro atoms. The number of nitriles is 1. The summed E-state index contributed by atoms with van der Waals surface area (Å²) in [5, 5.41) is 8.54. The number of aryl methyl sites for hydroxylation is 2. The van der Waals surface area contributed by atoms with Gasteiger partial charge in [0, 0.05) is 9.75 Å². The molecule has 62 valence electrons. The quantitative estimate of drug-likeness (QED) is 0.647. The fourth-order valence-corrected chi connectivity index (χ4v) is 2.91. The second-order valence-electron chi connectivity index (χ2n) is 3.20. The van der Waals surface area contributed by atoms with Gasteiger partial charge in [-0.15, -0.1) is 11.3 Å². The molecule has 2 heteroatoms. The monoisotopic (exact) mass is 177 g/mol. The summed E-state index contributed by atoms with van der Waals surface area (Å²) in [6, 6.07) is 4.43. The van der Waals surface area contributed by atoms with E-state index in [-0.39, 0.29) is 0 Å². The minimum Gasteiger partial charge on any atom is -0.198 e. The van der Waals surface area contributed by atoms with Crippen LogP contribution in [0.2, 0.25) is 0 Å². The molecule has 0 fully saturated rings. The van der Waals surface area contributed by atoms with Gasteiger partial charge in [0.15, 0.2) is 0 Å². The molecule has 12 heavy (non-hydrogen) atoms. The molecule has 0 bridgehead atoms. The zero-order valence-corrected chi connectivity index (χ0v) is 7.78. The molecule has 2 rings (SSSR count). The van der Waals surface area contributed by atoms with E-state index >= 15 is 0 Å². The van der Waals surface area contributed by atoms with Gasteiger partial charge < -0.3 is 0 Å². The smallest absolute Gasteiger partial charge is 0.0695 e. The molecule has 0 saturated carbocycles. The van der Waals surface area contributed by atoms with Gasteiger partial charge in [0.2, 0.25) is 0 Å². The fraction of sp³-hybridized carbons (Fsp3) is 0.500. The first-order valence-corrected chi connectivity index (χ1v) is 5.19. The van der Waals surface area contributed by atoms with Crippen LogP contribution in [-0.4, -0.2) is 0 Å². The maximum atomic E-state index is 8.54. The summed E-state index contributed by atoms with van der Waals surface area (Å²) in [5.74, 6) is 0. The minimum atomic E-state index is 0.595. The lowest BCUT2D eigenvalue weighted by Crippen LogP contribution is -1.96. The lowest BCUT2D eigenvalue weighted by Gasteiger charge is -2.08. The van der Waals surface area contributed by atoms with Gasteiger partial charge in [0.05, 0.1) is 12.5 Å². The van der Waals surface area contributed by atoms with Crippen LogP contribution in [0.3, 0.4) is 0 Å². The zero-order chi connectivity index (χ0) is 8.39. The van der Waals surface area contributed by atoms with E-state index in [0.717, 1.165) is 0 Å². The highest BCUT2D eigenvalue weighted by atomic mass is 32.1. The molecule has 1 nitrogen and oxygen atoms in total. The van der Waals surface area contributed by atoms with Crippen molar-refractivity contribution in [3.8, 4) is 6.07 Å². The van der Waals surface area contributed by atoms with Crippen molar-refractivity contribution in [3.05, 3.63) is 21.4 Å². The highest BCUT2D eigenvalue weighted by Crippen LogP contribution is 2.29. The largest absolute Gasteiger partial charge is 0.198 e. The fourth-order valence-electron chi connectivity index (χ4n) is 1.72. The molecule has 0 aromatic carbocycles. The van der Waals surface area contributed by atoms with Crippen molar-refractivity contribution in [2.75, 3.05) is 0 Å². The van der Waals surface area contributed by atoms with E-state index in [0.29, 0.717) is 6.42 Å². The molecule has 0 amide bonds. The molecule has 1 aromatic rings. The first-order chi connectivity index (χ1) is 5.90. The average molecular weight is 177 g/mol. The molecule has 1 aromatic heterocycles. The van der Waals surface area contributed by atoms with E-state index in [4.69, 9.17) is 5.26 Å². The van der Waals surface area contributed by atoms with Crippen molar-refractivity contribution < 1.29 is 0 Å². The highest BCUT2D eigenvalue weighted by molar-refractivity contribution is 7.12. The Balaban J connectivity index is 2.27.